The van der Waals surface area contributed by atoms with Gasteiger partial charge in [-0.15, -0.1) is 0 Å². The summed E-state index contributed by atoms with van der Waals surface area (Å²) in [5.74, 6) is -0.291. The molecule has 0 radical (unpaired) electrons. The Bertz CT molecular complexity index is 316. The maximum atomic E-state index is 11.6. The van der Waals surface area contributed by atoms with Crippen molar-refractivity contribution in [2.45, 2.75) is 38.5 Å². The summed E-state index contributed by atoms with van der Waals surface area (Å²) < 4.78 is 10.4. The molecule has 22 heavy (non-hydrogen) atoms. The van der Waals surface area contributed by atoms with Crippen molar-refractivity contribution in [2.24, 2.45) is 0 Å². The lowest BCUT2D eigenvalue weighted by molar-refractivity contribution is -0.147. The molecule has 2 aliphatic heterocycles. The van der Waals surface area contributed by atoms with Gasteiger partial charge >= 0.3 is 11.9 Å². The van der Waals surface area contributed by atoms with E-state index in [0.717, 1.165) is 39.0 Å². The Labute approximate surface area is 132 Å². The lowest BCUT2D eigenvalue weighted by Crippen LogP contribution is -2.28. The van der Waals surface area contributed by atoms with E-state index in [1.54, 1.807) is 0 Å². The molecule has 2 heterocycles. The molecule has 0 aromatic carbocycles. The minimum absolute atomic E-state index is 0.145. The van der Waals surface area contributed by atoms with Gasteiger partial charge in [-0.2, -0.15) is 0 Å². The minimum Gasteiger partial charge on any atom is -0.465 e. The number of nitrogens with zero attached hydrogens (tertiary/aromatic N) is 2. The van der Waals surface area contributed by atoms with Crippen molar-refractivity contribution in [3.05, 3.63) is 0 Å². The number of unbranched alkanes of at least 4 members (excludes halogenated alkanes) is 1. The van der Waals surface area contributed by atoms with Crippen LogP contribution in [0.1, 0.15) is 38.5 Å². The number of ether oxygens (including phenoxy) is 2. The Hall–Kier alpha value is -1.14. The number of carbonyl (C=O) groups excluding carboxylic acids is 2. The summed E-state index contributed by atoms with van der Waals surface area (Å²) in [4.78, 5) is 27.4. The van der Waals surface area contributed by atoms with E-state index >= 15 is 0 Å². The predicted molar refractivity (Wildman–Crippen MR) is 82.5 cm³/mol. The highest BCUT2D eigenvalue weighted by atomic mass is 16.5. The zero-order valence-electron chi connectivity index (χ0n) is 13.4. The second kappa shape index (κ2) is 9.79. The van der Waals surface area contributed by atoms with Crippen molar-refractivity contribution in [2.75, 3.05) is 52.5 Å². The van der Waals surface area contributed by atoms with Crippen LogP contribution in [0, 0.1) is 0 Å². The lowest BCUT2D eigenvalue weighted by atomic mass is 10.3. The highest BCUT2D eigenvalue weighted by Crippen LogP contribution is 2.07. The third-order valence-electron chi connectivity index (χ3n) is 4.17. The molecule has 0 unspecified atom stereocenters. The first-order valence-electron chi connectivity index (χ1n) is 8.50. The Kier molecular flexibility index (Phi) is 7.66. The van der Waals surface area contributed by atoms with Gasteiger partial charge in [0.2, 0.25) is 0 Å². The number of hydrogen-bond acceptors (Lipinski definition) is 6. The van der Waals surface area contributed by atoms with E-state index in [1.165, 1.54) is 25.7 Å². The Balaban J connectivity index is 1.40. The zero-order valence-corrected chi connectivity index (χ0v) is 13.4. The Morgan fingerprint density at radius 2 is 1.05 bits per heavy atom. The number of rotatable bonds is 9. The highest BCUT2D eigenvalue weighted by molar-refractivity contribution is 5.72. The van der Waals surface area contributed by atoms with Gasteiger partial charge in [-0.1, -0.05) is 0 Å². The molecule has 2 fully saturated rings. The number of hydrogen-bond donors (Lipinski definition) is 0. The standard InChI is InChI=1S/C16H28N2O4/c19-15(13-17-7-1-2-8-17)21-11-5-6-12-22-16(20)14-18-9-3-4-10-18/h1-14H2. The second-order valence-electron chi connectivity index (χ2n) is 6.11. The summed E-state index contributed by atoms with van der Waals surface area (Å²) in [5, 5.41) is 0. The molecule has 126 valence electrons. The minimum atomic E-state index is -0.145. The largest absolute Gasteiger partial charge is 0.465 e. The average Bonchev–Trinajstić information content (AvgIpc) is 3.16. The van der Waals surface area contributed by atoms with Crippen LogP contribution in [0.2, 0.25) is 0 Å². The first-order valence-corrected chi connectivity index (χ1v) is 8.50. The summed E-state index contributed by atoms with van der Waals surface area (Å²) in [7, 11) is 0. The topological polar surface area (TPSA) is 59.1 Å². The fourth-order valence-electron chi connectivity index (χ4n) is 2.91. The van der Waals surface area contributed by atoms with Gasteiger partial charge in [0.05, 0.1) is 26.3 Å². The monoisotopic (exact) mass is 312 g/mol. The summed E-state index contributed by atoms with van der Waals surface area (Å²) in [6.45, 7) is 5.65. The van der Waals surface area contributed by atoms with Gasteiger partial charge in [-0.3, -0.25) is 19.4 Å². The molecule has 0 aromatic rings. The van der Waals surface area contributed by atoms with Crippen LogP contribution in [0.15, 0.2) is 0 Å². The molecule has 6 heteroatoms. The maximum absolute atomic E-state index is 11.6. The van der Waals surface area contributed by atoms with Crippen LogP contribution in [0.25, 0.3) is 0 Å². The first kappa shape index (κ1) is 17.2. The molecule has 2 saturated heterocycles. The van der Waals surface area contributed by atoms with Crippen LogP contribution in [-0.4, -0.2) is 74.2 Å². The molecule has 2 rings (SSSR count). The third-order valence-corrected chi connectivity index (χ3v) is 4.17. The van der Waals surface area contributed by atoms with Crippen LogP contribution in [0.4, 0.5) is 0 Å². The number of likely N-dealkylation sites (tertiary alicyclic amines) is 2. The molecule has 0 spiro atoms. The van der Waals surface area contributed by atoms with E-state index in [-0.39, 0.29) is 11.9 Å². The van der Waals surface area contributed by atoms with Crippen molar-refractivity contribution in [1.29, 1.82) is 0 Å². The molecule has 0 aromatic heterocycles. The molecule has 0 atom stereocenters. The maximum Gasteiger partial charge on any atom is 0.320 e. The van der Waals surface area contributed by atoms with Crippen LogP contribution in [0.3, 0.4) is 0 Å². The molecule has 0 saturated carbocycles. The quantitative estimate of drug-likeness (QED) is 0.468. The number of carbonyl (C=O) groups is 2. The summed E-state index contributed by atoms with van der Waals surface area (Å²) in [5.41, 5.74) is 0. The zero-order chi connectivity index (χ0) is 15.6. The molecule has 0 bridgehead atoms. The van der Waals surface area contributed by atoms with E-state index in [2.05, 4.69) is 9.80 Å². The molecule has 0 aliphatic carbocycles. The van der Waals surface area contributed by atoms with Gasteiger partial charge in [-0.25, -0.2) is 0 Å². The molecule has 6 nitrogen and oxygen atoms in total. The molecule has 2 aliphatic rings. The van der Waals surface area contributed by atoms with E-state index in [1.807, 2.05) is 0 Å². The summed E-state index contributed by atoms with van der Waals surface area (Å²) >= 11 is 0. The molecule has 0 N–H and O–H groups in total. The van der Waals surface area contributed by atoms with Crippen molar-refractivity contribution >= 4 is 11.9 Å². The highest BCUT2D eigenvalue weighted by Gasteiger charge is 2.16. The molecular weight excluding hydrogens is 284 g/mol. The summed E-state index contributed by atoms with van der Waals surface area (Å²) in [6.07, 6.45) is 6.18. The van der Waals surface area contributed by atoms with Crippen molar-refractivity contribution in [1.82, 2.24) is 9.80 Å². The molecular formula is C16H28N2O4. The number of esters is 2. The van der Waals surface area contributed by atoms with E-state index < -0.39 is 0 Å². The third kappa shape index (κ3) is 6.75. The van der Waals surface area contributed by atoms with Crippen LogP contribution >= 0.6 is 0 Å². The van der Waals surface area contributed by atoms with Gasteiger partial charge in [-0.05, 0) is 64.7 Å². The van der Waals surface area contributed by atoms with Gasteiger partial charge in [0.25, 0.3) is 0 Å². The lowest BCUT2D eigenvalue weighted by Gasteiger charge is -2.14. The van der Waals surface area contributed by atoms with E-state index in [9.17, 15) is 9.59 Å². The summed E-state index contributed by atoms with van der Waals surface area (Å²) in [6, 6.07) is 0. The van der Waals surface area contributed by atoms with Crippen LogP contribution in [0.5, 0.6) is 0 Å². The van der Waals surface area contributed by atoms with Gasteiger partial charge in [0.15, 0.2) is 0 Å². The van der Waals surface area contributed by atoms with Crippen LogP contribution in [-0.2, 0) is 19.1 Å². The average molecular weight is 312 g/mol. The SMILES string of the molecule is O=C(CN1CCCC1)OCCCCOC(=O)CN1CCCC1. The van der Waals surface area contributed by atoms with Crippen LogP contribution < -0.4 is 0 Å². The fraction of sp³-hybridized carbons (Fsp3) is 0.875. The van der Waals surface area contributed by atoms with E-state index in [0.29, 0.717) is 26.3 Å². The van der Waals surface area contributed by atoms with Gasteiger partial charge in [0, 0.05) is 0 Å². The first-order chi connectivity index (χ1) is 10.7. The van der Waals surface area contributed by atoms with Crippen molar-refractivity contribution < 1.29 is 19.1 Å². The van der Waals surface area contributed by atoms with Gasteiger partial charge in [0.1, 0.15) is 0 Å². The molecule has 0 amide bonds. The smallest absolute Gasteiger partial charge is 0.320 e. The van der Waals surface area contributed by atoms with E-state index in [4.69, 9.17) is 9.47 Å². The normalized spacial score (nSPS) is 19.5. The Morgan fingerprint density at radius 3 is 1.41 bits per heavy atom. The van der Waals surface area contributed by atoms with Crippen molar-refractivity contribution in [3.63, 3.8) is 0 Å². The van der Waals surface area contributed by atoms with Gasteiger partial charge < -0.3 is 9.47 Å². The second-order valence-corrected chi connectivity index (χ2v) is 6.11. The Morgan fingerprint density at radius 1 is 0.682 bits per heavy atom. The fourth-order valence-corrected chi connectivity index (χ4v) is 2.91. The predicted octanol–water partition coefficient (Wildman–Crippen LogP) is 1.04. The van der Waals surface area contributed by atoms with Crippen molar-refractivity contribution in [3.8, 4) is 0 Å².